The number of nitro groups is 1. The van der Waals surface area contributed by atoms with Crippen LogP contribution < -0.4 is 10.6 Å². The Kier molecular flexibility index (Phi) is 4.84. The molecule has 0 spiro atoms. The van der Waals surface area contributed by atoms with Crippen molar-refractivity contribution in [2.24, 2.45) is 0 Å². The van der Waals surface area contributed by atoms with Crippen LogP contribution in [0, 0.1) is 10.1 Å². The van der Waals surface area contributed by atoms with Crippen molar-refractivity contribution in [3.05, 3.63) is 64.6 Å². The molecule has 1 aromatic carbocycles. The van der Waals surface area contributed by atoms with Gasteiger partial charge in [-0.1, -0.05) is 18.2 Å². The number of fused-ring (bicyclic) bond motifs is 1. The monoisotopic (exact) mass is 340 g/mol. The topological polar surface area (TPSA) is 114 Å². The Morgan fingerprint density at radius 1 is 1.16 bits per heavy atom. The van der Waals surface area contributed by atoms with E-state index < -0.39 is 4.92 Å². The largest absolute Gasteiger partial charge is 0.379 e. The van der Waals surface area contributed by atoms with Gasteiger partial charge in [-0.15, -0.1) is 10.2 Å². The van der Waals surface area contributed by atoms with Crippen molar-refractivity contribution in [3.8, 4) is 0 Å². The number of para-hydroxylation sites is 2. The number of carbonyl (C=O) groups excluding carboxylic acids is 1. The Morgan fingerprint density at radius 2 is 1.96 bits per heavy atom. The molecule has 9 nitrogen and oxygen atoms in total. The van der Waals surface area contributed by atoms with Crippen molar-refractivity contribution in [2.75, 3.05) is 11.9 Å². The lowest BCUT2D eigenvalue weighted by atomic mass is 10.2. The highest BCUT2D eigenvalue weighted by Crippen LogP contribution is 2.22. The van der Waals surface area contributed by atoms with E-state index in [1.807, 2.05) is 24.4 Å². The van der Waals surface area contributed by atoms with Crippen LogP contribution in [0.15, 0.2) is 48.7 Å². The third-order valence-electron chi connectivity index (χ3n) is 3.60. The maximum atomic E-state index is 11.9. The van der Waals surface area contributed by atoms with E-state index in [-0.39, 0.29) is 31.1 Å². The van der Waals surface area contributed by atoms with E-state index in [1.54, 1.807) is 22.6 Å². The highest BCUT2D eigenvalue weighted by molar-refractivity contribution is 5.76. The SMILES string of the molecule is O=C(CCNc1ccccc1[N+](=O)[O-])NCc1nnc2ccccn12. The zero-order valence-electron chi connectivity index (χ0n) is 13.3. The average molecular weight is 340 g/mol. The van der Waals surface area contributed by atoms with Crippen molar-refractivity contribution in [1.29, 1.82) is 0 Å². The van der Waals surface area contributed by atoms with Crippen LogP contribution in [0.4, 0.5) is 11.4 Å². The number of pyridine rings is 1. The van der Waals surface area contributed by atoms with E-state index in [4.69, 9.17) is 0 Å². The number of nitro benzene ring substituents is 1. The molecule has 0 aliphatic carbocycles. The normalized spacial score (nSPS) is 10.6. The van der Waals surface area contributed by atoms with Gasteiger partial charge in [0.15, 0.2) is 11.5 Å². The molecule has 0 bridgehead atoms. The van der Waals surface area contributed by atoms with Gasteiger partial charge in [-0.2, -0.15) is 0 Å². The first-order valence-corrected chi connectivity index (χ1v) is 7.68. The van der Waals surface area contributed by atoms with Crippen LogP contribution in [0.1, 0.15) is 12.2 Å². The molecule has 0 fully saturated rings. The van der Waals surface area contributed by atoms with Gasteiger partial charge in [0.1, 0.15) is 5.69 Å². The van der Waals surface area contributed by atoms with E-state index in [2.05, 4.69) is 20.8 Å². The molecule has 25 heavy (non-hydrogen) atoms. The number of hydrogen-bond acceptors (Lipinski definition) is 6. The van der Waals surface area contributed by atoms with Crippen LogP contribution in [-0.2, 0) is 11.3 Å². The van der Waals surface area contributed by atoms with Gasteiger partial charge >= 0.3 is 0 Å². The molecule has 0 atom stereocenters. The number of nitrogens with zero attached hydrogens (tertiary/aromatic N) is 4. The maximum absolute atomic E-state index is 11.9. The van der Waals surface area contributed by atoms with Gasteiger partial charge in [-0.25, -0.2) is 0 Å². The van der Waals surface area contributed by atoms with Gasteiger partial charge in [-0.3, -0.25) is 19.3 Å². The molecular weight excluding hydrogens is 324 g/mol. The quantitative estimate of drug-likeness (QED) is 0.500. The summed E-state index contributed by atoms with van der Waals surface area (Å²) in [7, 11) is 0. The summed E-state index contributed by atoms with van der Waals surface area (Å²) in [5, 5.41) is 24.7. The summed E-state index contributed by atoms with van der Waals surface area (Å²) in [5.41, 5.74) is 1.09. The first-order chi connectivity index (χ1) is 12.1. The van der Waals surface area contributed by atoms with E-state index in [0.29, 0.717) is 17.2 Å². The molecular formula is C16H16N6O3. The second-order valence-corrected chi connectivity index (χ2v) is 5.27. The molecule has 0 saturated carbocycles. The summed E-state index contributed by atoms with van der Waals surface area (Å²) in [6.45, 7) is 0.548. The average Bonchev–Trinajstić information content (AvgIpc) is 3.03. The number of rotatable bonds is 7. The van der Waals surface area contributed by atoms with Crippen molar-refractivity contribution in [3.63, 3.8) is 0 Å². The van der Waals surface area contributed by atoms with E-state index in [1.165, 1.54) is 6.07 Å². The number of nitrogens with one attached hydrogen (secondary N) is 2. The molecule has 128 valence electrons. The maximum Gasteiger partial charge on any atom is 0.292 e. The Morgan fingerprint density at radius 3 is 2.80 bits per heavy atom. The van der Waals surface area contributed by atoms with Crippen molar-refractivity contribution in [2.45, 2.75) is 13.0 Å². The smallest absolute Gasteiger partial charge is 0.292 e. The Balaban J connectivity index is 1.50. The molecule has 3 aromatic rings. The van der Waals surface area contributed by atoms with Crippen molar-refractivity contribution < 1.29 is 9.72 Å². The van der Waals surface area contributed by atoms with Gasteiger partial charge in [0.2, 0.25) is 5.91 Å². The Hall–Kier alpha value is -3.49. The standard InChI is InChI=1S/C16H16N6O3/c23-16(8-9-17-12-5-1-2-6-13(12)22(24)25)18-11-15-20-19-14-7-3-4-10-21(14)15/h1-7,10,17H,8-9,11H2,(H,18,23). The molecule has 0 unspecified atom stereocenters. The lowest BCUT2D eigenvalue weighted by Gasteiger charge is -2.07. The van der Waals surface area contributed by atoms with E-state index in [9.17, 15) is 14.9 Å². The van der Waals surface area contributed by atoms with Gasteiger partial charge < -0.3 is 10.6 Å². The number of aromatic nitrogens is 3. The molecule has 2 heterocycles. The van der Waals surface area contributed by atoms with E-state index in [0.717, 1.165) is 0 Å². The third-order valence-corrected chi connectivity index (χ3v) is 3.60. The van der Waals surface area contributed by atoms with Crippen LogP contribution in [-0.4, -0.2) is 32.0 Å². The second kappa shape index (κ2) is 7.39. The zero-order valence-corrected chi connectivity index (χ0v) is 13.3. The summed E-state index contributed by atoms with van der Waals surface area (Å²) in [6, 6.07) is 11.9. The summed E-state index contributed by atoms with van der Waals surface area (Å²) >= 11 is 0. The van der Waals surface area contributed by atoms with Gasteiger partial charge in [0.05, 0.1) is 11.5 Å². The van der Waals surface area contributed by atoms with Crippen LogP contribution >= 0.6 is 0 Å². The van der Waals surface area contributed by atoms with Crippen LogP contribution in [0.2, 0.25) is 0 Å². The lowest BCUT2D eigenvalue weighted by Crippen LogP contribution is -2.25. The Labute approximate surface area is 142 Å². The highest BCUT2D eigenvalue weighted by Gasteiger charge is 2.12. The molecule has 0 saturated heterocycles. The van der Waals surface area contributed by atoms with Gasteiger partial charge in [0, 0.05) is 25.2 Å². The third kappa shape index (κ3) is 3.89. The van der Waals surface area contributed by atoms with Crippen LogP contribution in [0.3, 0.4) is 0 Å². The number of amides is 1. The highest BCUT2D eigenvalue weighted by atomic mass is 16.6. The number of benzene rings is 1. The van der Waals surface area contributed by atoms with Crippen molar-refractivity contribution >= 4 is 22.9 Å². The minimum absolute atomic E-state index is 0.0159. The fourth-order valence-electron chi connectivity index (χ4n) is 2.37. The number of carbonyl (C=O) groups is 1. The van der Waals surface area contributed by atoms with Crippen LogP contribution in [0.25, 0.3) is 5.65 Å². The van der Waals surface area contributed by atoms with E-state index >= 15 is 0 Å². The summed E-state index contributed by atoms with van der Waals surface area (Å²) in [4.78, 5) is 22.4. The molecule has 2 aromatic heterocycles. The predicted molar refractivity (Wildman–Crippen MR) is 91.0 cm³/mol. The molecule has 1 amide bonds. The molecule has 0 aliphatic rings. The minimum atomic E-state index is -0.460. The fourth-order valence-corrected chi connectivity index (χ4v) is 2.37. The zero-order chi connectivity index (χ0) is 17.6. The first kappa shape index (κ1) is 16.4. The molecule has 2 N–H and O–H groups in total. The molecule has 3 rings (SSSR count). The second-order valence-electron chi connectivity index (χ2n) is 5.27. The number of hydrogen-bond donors (Lipinski definition) is 2. The van der Waals surface area contributed by atoms with Gasteiger partial charge in [-0.05, 0) is 18.2 Å². The Bertz CT molecular complexity index is 908. The molecule has 9 heteroatoms. The molecule has 0 radical (unpaired) electrons. The van der Waals surface area contributed by atoms with Crippen LogP contribution in [0.5, 0.6) is 0 Å². The minimum Gasteiger partial charge on any atom is -0.379 e. The van der Waals surface area contributed by atoms with Gasteiger partial charge in [0.25, 0.3) is 5.69 Å². The van der Waals surface area contributed by atoms with Crippen molar-refractivity contribution in [1.82, 2.24) is 19.9 Å². The lowest BCUT2D eigenvalue weighted by molar-refractivity contribution is -0.384. The fraction of sp³-hybridized carbons (Fsp3) is 0.188. The number of anilines is 1. The summed E-state index contributed by atoms with van der Waals surface area (Å²) in [6.07, 6.45) is 2.01. The molecule has 0 aliphatic heterocycles. The first-order valence-electron chi connectivity index (χ1n) is 7.68. The summed E-state index contributed by atoms with van der Waals surface area (Å²) < 4.78 is 1.80. The predicted octanol–water partition coefficient (Wildman–Crippen LogP) is 1.76. The summed E-state index contributed by atoms with van der Waals surface area (Å²) in [5.74, 6) is 0.453.